The zero-order valence-electron chi connectivity index (χ0n) is 44.4. The van der Waals surface area contributed by atoms with Gasteiger partial charge in [-0.3, -0.25) is 14.2 Å². The molecule has 0 saturated carbocycles. The summed E-state index contributed by atoms with van der Waals surface area (Å²) in [7, 11) is 1.09. The lowest BCUT2D eigenvalue weighted by atomic mass is 10.1. The average molecular weight is 990 g/mol. The molecule has 0 aromatic rings. The molecule has 2 atom stereocenters. The van der Waals surface area contributed by atoms with Crippen LogP contribution in [-0.2, 0) is 32.7 Å². The van der Waals surface area contributed by atoms with Crippen molar-refractivity contribution in [2.75, 3.05) is 47.5 Å². The predicted octanol–water partition coefficient (Wildman–Crippen LogP) is 15.7. The molecule has 2 unspecified atom stereocenters. The number of ether oxygens (including phenoxy) is 2. The van der Waals surface area contributed by atoms with E-state index in [0.29, 0.717) is 23.9 Å². The molecular formula is C60H96NO8P. The van der Waals surface area contributed by atoms with E-state index in [1.54, 1.807) is 0 Å². The molecule has 10 heteroatoms. The van der Waals surface area contributed by atoms with E-state index in [0.717, 1.165) is 103 Å². The maximum absolute atomic E-state index is 12.8. The van der Waals surface area contributed by atoms with Gasteiger partial charge in [0.15, 0.2) is 6.10 Å². The number of rotatable bonds is 46. The molecular weight excluding hydrogens is 894 g/mol. The lowest BCUT2D eigenvalue weighted by molar-refractivity contribution is -0.870. The quantitative estimate of drug-likeness (QED) is 0.0195. The van der Waals surface area contributed by atoms with Crippen LogP contribution in [0.1, 0.15) is 168 Å². The standard InChI is InChI=1S/C60H96NO8P/c1-6-8-10-12-14-16-18-20-22-24-26-27-28-29-30-31-32-33-35-37-39-41-43-45-47-49-51-53-60(63)69-58(57-68-70(64,65)67-55-54-61(3,4)5)56-66-59(62)52-50-48-46-44-42-40-38-36-34-25-23-21-19-17-15-13-11-9-7-2/h8-11,14-17,20-23,26-27,29-30,32-34,36,40,42,46,48,58H,6-7,12-13,18-19,24-25,28,31,35,37-39,41,43-45,47,49-57H2,1-5H3/b10-8-,11-9-,16-14-,17-15-,22-20-,23-21-,27-26-,30-29-,33-32-,36-34-,42-40-,48-46-. The molecule has 0 saturated heterocycles. The molecule has 0 radical (unpaired) electrons. The molecule has 0 aliphatic rings. The van der Waals surface area contributed by atoms with E-state index in [1.165, 1.54) is 25.7 Å². The van der Waals surface area contributed by atoms with E-state index >= 15 is 0 Å². The Hall–Kier alpha value is -4.11. The minimum Gasteiger partial charge on any atom is -0.756 e. The van der Waals surface area contributed by atoms with Crippen molar-refractivity contribution < 1.29 is 42.1 Å². The number of carbonyl (C=O) groups excluding carboxylic acids is 2. The van der Waals surface area contributed by atoms with Crippen molar-refractivity contribution in [3.05, 3.63) is 146 Å². The second kappa shape index (κ2) is 49.9. The Morgan fingerprint density at radius 3 is 1.20 bits per heavy atom. The van der Waals surface area contributed by atoms with Gasteiger partial charge in [0.05, 0.1) is 27.7 Å². The van der Waals surface area contributed by atoms with Crippen molar-refractivity contribution in [2.45, 2.75) is 174 Å². The van der Waals surface area contributed by atoms with Crippen LogP contribution >= 0.6 is 7.82 Å². The van der Waals surface area contributed by atoms with E-state index in [1.807, 2.05) is 33.3 Å². The zero-order valence-corrected chi connectivity index (χ0v) is 45.3. The van der Waals surface area contributed by atoms with E-state index in [2.05, 4.69) is 148 Å². The molecule has 394 valence electrons. The van der Waals surface area contributed by atoms with Crippen molar-refractivity contribution >= 4 is 19.8 Å². The molecule has 0 bridgehead atoms. The van der Waals surface area contributed by atoms with Crippen molar-refractivity contribution in [2.24, 2.45) is 0 Å². The van der Waals surface area contributed by atoms with Crippen molar-refractivity contribution in [1.82, 2.24) is 0 Å². The van der Waals surface area contributed by atoms with Gasteiger partial charge in [-0.1, -0.05) is 198 Å². The second-order valence-electron chi connectivity index (χ2n) is 18.1. The molecule has 0 aliphatic heterocycles. The summed E-state index contributed by atoms with van der Waals surface area (Å²) in [4.78, 5) is 37.7. The molecule has 70 heavy (non-hydrogen) atoms. The van der Waals surface area contributed by atoms with Gasteiger partial charge in [0.1, 0.15) is 19.8 Å². The predicted molar refractivity (Wildman–Crippen MR) is 295 cm³/mol. The summed E-state index contributed by atoms with van der Waals surface area (Å²) in [5, 5.41) is 0. The van der Waals surface area contributed by atoms with Crippen LogP contribution < -0.4 is 4.89 Å². The highest BCUT2D eigenvalue weighted by atomic mass is 31.2. The third-order valence-electron chi connectivity index (χ3n) is 10.4. The van der Waals surface area contributed by atoms with Crippen LogP contribution in [-0.4, -0.2) is 70.0 Å². The minimum atomic E-state index is -4.66. The topological polar surface area (TPSA) is 111 Å². The molecule has 9 nitrogen and oxygen atoms in total. The first-order valence-electron chi connectivity index (χ1n) is 26.5. The van der Waals surface area contributed by atoms with Crippen LogP contribution in [0.3, 0.4) is 0 Å². The average Bonchev–Trinajstić information content (AvgIpc) is 3.32. The summed E-state index contributed by atoms with van der Waals surface area (Å²) >= 11 is 0. The summed E-state index contributed by atoms with van der Waals surface area (Å²) in [6, 6.07) is 0. The van der Waals surface area contributed by atoms with E-state index in [9.17, 15) is 19.0 Å². The third-order valence-corrected chi connectivity index (χ3v) is 11.3. The highest BCUT2D eigenvalue weighted by Crippen LogP contribution is 2.38. The third kappa shape index (κ3) is 53.2. The number of hydrogen-bond acceptors (Lipinski definition) is 8. The smallest absolute Gasteiger partial charge is 0.306 e. The number of quaternary nitrogens is 1. The Balaban J connectivity index is 4.37. The number of nitrogens with zero attached hydrogens (tertiary/aromatic N) is 1. The number of carbonyl (C=O) groups is 2. The number of hydrogen-bond donors (Lipinski definition) is 0. The number of phosphoric ester groups is 1. The van der Waals surface area contributed by atoms with E-state index < -0.39 is 32.5 Å². The highest BCUT2D eigenvalue weighted by molar-refractivity contribution is 7.45. The molecule has 0 heterocycles. The Labute approximate surface area is 427 Å². The van der Waals surface area contributed by atoms with Crippen LogP contribution in [0, 0.1) is 0 Å². The van der Waals surface area contributed by atoms with Crippen LogP contribution in [0.2, 0.25) is 0 Å². The Kier molecular flexibility index (Phi) is 46.9. The fraction of sp³-hybridized carbons (Fsp3) is 0.567. The summed E-state index contributed by atoms with van der Waals surface area (Å²) in [5.74, 6) is -0.956. The fourth-order valence-electron chi connectivity index (χ4n) is 6.33. The second-order valence-corrected chi connectivity index (χ2v) is 19.5. The molecule has 0 N–H and O–H groups in total. The normalized spacial score (nSPS) is 14.5. The Bertz CT molecular complexity index is 1690. The van der Waals surface area contributed by atoms with Crippen molar-refractivity contribution in [3.8, 4) is 0 Å². The monoisotopic (exact) mass is 990 g/mol. The van der Waals surface area contributed by atoms with Crippen molar-refractivity contribution in [3.63, 3.8) is 0 Å². The highest BCUT2D eigenvalue weighted by Gasteiger charge is 2.21. The Morgan fingerprint density at radius 1 is 0.443 bits per heavy atom. The first kappa shape index (κ1) is 65.9. The first-order valence-corrected chi connectivity index (χ1v) is 28.0. The molecule has 0 spiro atoms. The van der Waals surface area contributed by atoms with Crippen LogP contribution in [0.5, 0.6) is 0 Å². The van der Waals surface area contributed by atoms with Crippen LogP contribution in [0.4, 0.5) is 0 Å². The number of unbranched alkanes of at least 4 members (excludes halogenated alkanes) is 8. The number of allylic oxidation sites excluding steroid dienone is 24. The van der Waals surface area contributed by atoms with Gasteiger partial charge in [0.25, 0.3) is 7.82 Å². The summed E-state index contributed by atoms with van der Waals surface area (Å²) < 4.78 is 34.0. The molecule has 0 aliphatic carbocycles. The molecule has 0 fully saturated rings. The van der Waals surface area contributed by atoms with Gasteiger partial charge in [0.2, 0.25) is 0 Å². The summed E-state index contributed by atoms with van der Waals surface area (Å²) in [6.45, 7) is 3.88. The van der Waals surface area contributed by atoms with Gasteiger partial charge in [-0.2, -0.15) is 0 Å². The molecule has 0 rings (SSSR count). The Morgan fingerprint density at radius 2 is 0.800 bits per heavy atom. The van der Waals surface area contributed by atoms with Gasteiger partial charge in [0, 0.05) is 12.8 Å². The van der Waals surface area contributed by atoms with Gasteiger partial charge in [-0.15, -0.1) is 0 Å². The van der Waals surface area contributed by atoms with Gasteiger partial charge in [-0.25, -0.2) is 0 Å². The van der Waals surface area contributed by atoms with Crippen LogP contribution in [0.15, 0.2) is 146 Å². The van der Waals surface area contributed by atoms with Gasteiger partial charge < -0.3 is 27.9 Å². The molecule has 0 aromatic heterocycles. The minimum absolute atomic E-state index is 0.0529. The number of esters is 2. The number of likely N-dealkylation sites (N-methyl/N-ethyl adjacent to an activating group) is 1. The van der Waals surface area contributed by atoms with Crippen LogP contribution in [0.25, 0.3) is 0 Å². The fourth-order valence-corrected chi connectivity index (χ4v) is 7.06. The maximum atomic E-state index is 12.8. The van der Waals surface area contributed by atoms with Crippen molar-refractivity contribution in [1.29, 1.82) is 0 Å². The van der Waals surface area contributed by atoms with E-state index in [4.69, 9.17) is 18.5 Å². The van der Waals surface area contributed by atoms with E-state index in [-0.39, 0.29) is 26.1 Å². The lowest BCUT2D eigenvalue weighted by Gasteiger charge is -2.28. The zero-order chi connectivity index (χ0) is 51.3. The number of phosphoric acid groups is 1. The summed E-state index contributed by atoms with van der Waals surface area (Å²) in [6.07, 6.45) is 73.2. The largest absolute Gasteiger partial charge is 0.756 e. The van der Waals surface area contributed by atoms with Gasteiger partial charge >= 0.3 is 11.9 Å². The molecule has 0 aromatic carbocycles. The first-order chi connectivity index (χ1) is 34.0. The van der Waals surface area contributed by atoms with Gasteiger partial charge in [-0.05, 0) is 103 Å². The summed E-state index contributed by atoms with van der Waals surface area (Å²) in [5.41, 5.74) is 0. The molecule has 0 amide bonds. The lowest BCUT2D eigenvalue weighted by Crippen LogP contribution is -2.37. The SMILES string of the molecule is CC/C=C\C/C=C\C/C=C\C/C=C\C/C=C\C/C=C\CCCCCCCCCCC(=O)OC(COC(=O)CC/C=C\C/C=C\C/C=C\C/C=C\C/C=C\C/C=C\CC)COP(=O)([O-])OCC[N+](C)(C)C. The maximum Gasteiger partial charge on any atom is 0.306 e.